The monoisotopic (exact) mass is 371 g/mol. The average molecular weight is 372 g/mol. The van der Waals surface area contributed by atoms with Gasteiger partial charge in [0.2, 0.25) is 0 Å². The van der Waals surface area contributed by atoms with Gasteiger partial charge >= 0.3 is 5.97 Å². The molecule has 1 aliphatic heterocycles. The zero-order valence-electron chi connectivity index (χ0n) is 17.1. The van der Waals surface area contributed by atoms with Gasteiger partial charge in [-0.3, -0.25) is 4.79 Å². The summed E-state index contributed by atoms with van der Waals surface area (Å²) in [5.74, 6) is -0.232. The summed E-state index contributed by atoms with van der Waals surface area (Å²) in [4.78, 5) is 12.4. The smallest absolute Gasteiger partial charge is 0.310 e. The number of ether oxygens (including phenoxy) is 4. The minimum absolute atomic E-state index is 0.0341. The summed E-state index contributed by atoms with van der Waals surface area (Å²) in [7, 11) is 1.69. The molecule has 6 heteroatoms. The third kappa shape index (κ3) is 6.48. The SMILES string of the molecule is COCCOC1CCC(OCCOC(=O)C2CC(C)(C)NC2(C)C)CC1. The zero-order valence-corrected chi connectivity index (χ0v) is 17.1. The minimum atomic E-state index is -0.233. The summed E-state index contributed by atoms with van der Waals surface area (Å²) in [6.45, 7) is 10.5. The highest BCUT2D eigenvalue weighted by Gasteiger charge is 2.48. The van der Waals surface area contributed by atoms with Crippen molar-refractivity contribution >= 4 is 5.97 Å². The zero-order chi connectivity index (χ0) is 19.2. The van der Waals surface area contributed by atoms with Gasteiger partial charge < -0.3 is 24.3 Å². The van der Waals surface area contributed by atoms with E-state index in [4.69, 9.17) is 18.9 Å². The van der Waals surface area contributed by atoms with E-state index in [1.165, 1.54) is 0 Å². The Labute approximate surface area is 158 Å². The van der Waals surface area contributed by atoms with Gasteiger partial charge in [0, 0.05) is 18.2 Å². The van der Waals surface area contributed by atoms with Crippen molar-refractivity contribution in [3.8, 4) is 0 Å². The van der Waals surface area contributed by atoms with Gasteiger partial charge in [-0.2, -0.15) is 0 Å². The molecule has 26 heavy (non-hydrogen) atoms. The number of hydrogen-bond donors (Lipinski definition) is 1. The van der Waals surface area contributed by atoms with E-state index in [1.54, 1.807) is 7.11 Å². The van der Waals surface area contributed by atoms with Crippen molar-refractivity contribution in [2.24, 2.45) is 5.92 Å². The van der Waals surface area contributed by atoms with E-state index in [1.807, 2.05) is 0 Å². The molecule has 0 amide bonds. The van der Waals surface area contributed by atoms with Crippen LogP contribution in [0.3, 0.4) is 0 Å². The normalized spacial score (nSPS) is 30.3. The van der Waals surface area contributed by atoms with E-state index >= 15 is 0 Å². The molecule has 2 aliphatic rings. The van der Waals surface area contributed by atoms with Gasteiger partial charge in [0.05, 0.1) is 37.9 Å². The van der Waals surface area contributed by atoms with Crippen molar-refractivity contribution in [2.45, 2.75) is 83.1 Å². The number of esters is 1. The molecule has 0 bridgehead atoms. The number of rotatable bonds is 9. The maximum Gasteiger partial charge on any atom is 0.310 e. The molecule has 2 fully saturated rings. The molecular weight excluding hydrogens is 334 g/mol. The number of carbonyl (C=O) groups is 1. The van der Waals surface area contributed by atoms with Gasteiger partial charge in [0.25, 0.3) is 0 Å². The summed E-state index contributed by atoms with van der Waals surface area (Å²) >= 11 is 0. The first kappa shape index (κ1) is 21.6. The Bertz CT molecular complexity index is 443. The Morgan fingerprint density at radius 3 is 1.92 bits per heavy atom. The number of carbonyl (C=O) groups excluding carboxylic acids is 1. The second kappa shape index (κ2) is 9.49. The fourth-order valence-electron chi connectivity index (χ4n) is 4.28. The topological polar surface area (TPSA) is 66.0 Å². The molecule has 0 aromatic rings. The Kier molecular flexibility index (Phi) is 7.89. The third-order valence-corrected chi connectivity index (χ3v) is 5.47. The van der Waals surface area contributed by atoms with Crippen LogP contribution in [0.2, 0.25) is 0 Å². The molecule has 1 aliphatic carbocycles. The van der Waals surface area contributed by atoms with Gasteiger partial charge in [-0.25, -0.2) is 0 Å². The van der Waals surface area contributed by atoms with Gasteiger partial charge in [-0.15, -0.1) is 0 Å². The molecule has 1 atom stereocenters. The van der Waals surface area contributed by atoms with Crippen LogP contribution >= 0.6 is 0 Å². The highest BCUT2D eigenvalue weighted by molar-refractivity contribution is 5.74. The standard InChI is InChI=1S/C20H37NO5/c1-19(2)14-17(20(3,4)21-19)18(22)26-13-12-25-16-8-6-15(7-9-16)24-11-10-23-5/h15-17,21H,6-14H2,1-5H3. The van der Waals surface area contributed by atoms with E-state index in [2.05, 4.69) is 33.0 Å². The van der Waals surface area contributed by atoms with Crippen LogP contribution in [0.25, 0.3) is 0 Å². The molecule has 1 saturated carbocycles. The maximum atomic E-state index is 12.4. The molecule has 0 aromatic carbocycles. The fourth-order valence-corrected chi connectivity index (χ4v) is 4.28. The van der Waals surface area contributed by atoms with E-state index < -0.39 is 0 Å². The Morgan fingerprint density at radius 2 is 1.46 bits per heavy atom. The Balaban J connectivity index is 1.59. The highest BCUT2D eigenvalue weighted by atomic mass is 16.6. The lowest BCUT2D eigenvalue weighted by Gasteiger charge is -2.29. The molecule has 1 unspecified atom stereocenters. The fraction of sp³-hybridized carbons (Fsp3) is 0.950. The Hall–Kier alpha value is -0.690. The van der Waals surface area contributed by atoms with Crippen LogP contribution in [0.5, 0.6) is 0 Å². The average Bonchev–Trinajstić information content (AvgIpc) is 2.80. The molecule has 0 aromatic heterocycles. The van der Waals surface area contributed by atoms with Gasteiger partial charge in [0.1, 0.15) is 6.61 Å². The van der Waals surface area contributed by atoms with Crippen molar-refractivity contribution in [1.82, 2.24) is 5.32 Å². The minimum Gasteiger partial charge on any atom is -0.463 e. The van der Waals surface area contributed by atoms with E-state index in [0.29, 0.717) is 32.5 Å². The molecule has 1 N–H and O–H groups in total. The van der Waals surface area contributed by atoms with Crippen molar-refractivity contribution in [3.63, 3.8) is 0 Å². The first-order valence-corrected chi connectivity index (χ1v) is 9.91. The summed E-state index contributed by atoms with van der Waals surface area (Å²) in [5.41, 5.74) is -0.268. The third-order valence-electron chi connectivity index (χ3n) is 5.47. The van der Waals surface area contributed by atoms with E-state index in [0.717, 1.165) is 32.1 Å². The van der Waals surface area contributed by atoms with Gasteiger partial charge in [-0.05, 0) is 59.8 Å². The van der Waals surface area contributed by atoms with Crippen LogP contribution in [-0.4, -0.2) is 62.8 Å². The quantitative estimate of drug-likeness (QED) is 0.497. The summed E-state index contributed by atoms with van der Waals surface area (Å²) in [5, 5.41) is 3.51. The van der Waals surface area contributed by atoms with Crippen molar-refractivity contribution < 1.29 is 23.7 Å². The molecule has 6 nitrogen and oxygen atoms in total. The predicted molar refractivity (Wildman–Crippen MR) is 100 cm³/mol. The van der Waals surface area contributed by atoms with E-state index in [9.17, 15) is 4.79 Å². The van der Waals surface area contributed by atoms with Crippen LogP contribution in [0.1, 0.15) is 59.8 Å². The number of nitrogens with one attached hydrogen (secondary N) is 1. The van der Waals surface area contributed by atoms with Crippen LogP contribution < -0.4 is 5.32 Å². The van der Waals surface area contributed by atoms with Crippen molar-refractivity contribution in [2.75, 3.05) is 33.5 Å². The summed E-state index contributed by atoms with van der Waals surface area (Å²) in [6, 6.07) is 0. The maximum absolute atomic E-state index is 12.4. The summed E-state index contributed by atoms with van der Waals surface area (Å²) in [6.07, 6.45) is 5.41. The molecule has 152 valence electrons. The first-order valence-electron chi connectivity index (χ1n) is 9.91. The van der Waals surface area contributed by atoms with Crippen LogP contribution in [0, 0.1) is 5.92 Å². The molecular formula is C20H37NO5. The predicted octanol–water partition coefficient (Wildman–Crippen LogP) is 2.69. The van der Waals surface area contributed by atoms with Gasteiger partial charge in [0.15, 0.2) is 0 Å². The molecule has 1 saturated heterocycles. The lowest BCUT2D eigenvalue weighted by molar-refractivity contribution is -0.152. The summed E-state index contributed by atoms with van der Waals surface area (Å²) < 4.78 is 22.2. The first-order chi connectivity index (χ1) is 12.2. The van der Waals surface area contributed by atoms with Crippen LogP contribution in [-0.2, 0) is 23.7 Å². The lowest BCUT2D eigenvalue weighted by Crippen LogP contribution is -2.46. The molecule has 2 rings (SSSR count). The number of hydrogen-bond acceptors (Lipinski definition) is 6. The van der Waals surface area contributed by atoms with Crippen molar-refractivity contribution in [1.29, 1.82) is 0 Å². The molecule has 0 radical (unpaired) electrons. The number of methoxy groups -OCH3 is 1. The molecule has 0 spiro atoms. The second-order valence-corrected chi connectivity index (χ2v) is 8.79. The van der Waals surface area contributed by atoms with Gasteiger partial charge in [-0.1, -0.05) is 0 Å². The van der Waals surface area contributed by atoms with E-state index in [-0.39, 0.29) is 29.1 Å². The Morgan fingerprint density at radius 1 is 0.923 bits per heavy atom. The van der Waals surface area contributed by atoms with Crippen LogP contribution in [0.15, 0.2) is 0 Å². The lowest BCUT2D eigenvalue weighted by atomic mass is 9.87. The largest absolute Gasteiger partial charge is 0.463 e. The van der Waals surface area contributed by atoms with Crippen molar-refractivity contribution in [3.05, 3.63) is 0 Å². The van der Waals surface area contributed by atoms with Crippen LogP contribution in [0.4, 0.5) is 0 Å². The second-order valence-electron chi connectivity index (χ2n) is 8.79. The molecule has 1 heterocycles. The highest BCUT2D eigenvalue weighted by Crippen LogP contribution is 2.36.